The molecule has 0 unspecified atom stereocenters. The van der Waals surface area contributed by atoms with Gasteiger partial charge in [-0.1, -0.05) is 17.7 Å². The van der Waals surface area contributed by atoms with Crippen molar-refractivity contribution in [1.82, 2.24) is 0 Å². The van der Waals surface area contributed by atoms with Gasteiger partial charge in [0.2, 0.25) is 0 Å². The van der Waals surface area contributed by atoms with Crippen molar-refractivity contribution in [3.8, 4) is 23.3 Å². The number of carbonyl (C=O) groups is 1. The summed E-state index contributed by atoms with van der Waals surface area (Å²) >= 11 is 5.11. The Morgan fingerprint density at radius 2 is 1.87 bits per heavy atom. The minimum absolute atomic E-state index is 0.333. The van der Waals surface area contributed by atoms with Gasteiger partial charge < -0.3 is 9.47 Å². The molecule has 0 aliphatic carbocycles. The topological polar surface area (TPSA) is 35.5 Å². The quantitative estimate of drug-likeness (QED) is 0.412. The second-order valence-electron chi connectivity index (χ2n) is 4.47. The van der Waals surface area contributed by atoms with Crippen molar-refractivity contribution in [1.29, 1.82) is 0 Å². The molecule has 0 radical (unpaired) electrons. The Morgan fingerprint density at radius 1 is 1.17 bits per heavy atom. The van der Waals surface area contributed by atoms with E-state index in [2.05, 4.69) is 27.8 Å². The van der Waals surface area contributed by atoms with Crippen LogP contribution in [0, 0.1) is 11.8 Å². The number of ether oxygens (including phenoxy) is 2. The van der Waals surface area contributed by atoms with Crippen LogP contribution in [0.1, 0.15) is 13.8 Å². The lowest BCUT2D eigenvalue weighted by atomic mass is 10.3. The summed E-state index contributed by atoms with van der Waals surface area (Å²) in [5.41, 5.74) is 0. The monoisotopic (exact) mass is 390 g/mol. The molecule has 23 heavy (non-hydrogen) atoms. The van der Waals surface area contributed by atoms with Crippen molar-refractivity contribution in [2.75, 3.05) is 6.61 Å². The number of carbonyl (C=O) groups excluding carboxylic acids is 1. The van der Waals surface area contributed by atoms with Gasteiger partial charge in [-0.2, -0.15) is 0 Å². The molecule has 0 aliphatic heterocycles. The van der Waals surface area contributed by atoms with Crippen LogP contribution in [0.5, 0.6) is 11.5 Å². The van der Waals surface area contributed by atoms with E-state index in [1.807, 2.05) is 30.3 Å². The Hall–Kier alpha value is -1.90. The smallest absolute Gasteiger partial charge is 0.308 e. The summed E-state index contributed by atoms with van der Waals surface area (Å²) in [7, 11) is 0. The molecule has 0 fully saturated rings. The Morgan fingerprint density at radius 3 is 2.48 bits per heavy atom. The molecule has 2 aromatic rings. The number of rotatable bonds is 5. The Balaban J connectivity index is 2.03. The first-order valence-electron chi connectivity index (χ1n) is 6.87. The first-order valence-corrected chi connectivity index (χ1v) is 8.47. The fraction of sp³-hybridized carbons (Fsp3) is 0.167. The summed E-state index contributed by atoms with van der Waals surface area (Å²) in [5.74, 6) is 6.63. The van der Waals surface area contributed by atoms with Gasteiger partial charge in [-0.25, -0.2) is 0 Å². The number of esters is 1. The lowest BCUT2D eigenvalue weighted by Gasteiger charge is -2.08. The number of benzene rings is 2. The zero-order chi connectivity index (χ0) is 16.7. The molecule has 0 N–H and O–H groups in total. The first-order chi connectivity index (χ1) is 11.1. The van der Waals surface area contributed by atoms with Crippen LogP contribution in [-0.2, 0) is 4.79 Å². The summed E-state index contributed by atoms with van der Waals surface area (Å²) in [6.07, 6.45) is 0. The van der Waals surface area contributed by atoms with Gasteiger partial charge in [-0.05, 0) is 65.3 Å². The Labute approximate surface area is 148 Å². The van der Waals surface area contributed by atoms with Crippen molar-refractivity contribution in [2.24, 2.45) is 0 Å². The molecule has 2 rings (SSSR count). The molecule has 118 valence electrons. The average molecular weight is 391 g/mol. The van der Waals surface area contributed by atoms with E-state index in [4.69, 9.17) is 9.47 Å². The van der Waals surface area contributed by atoms with Crippen molar-refractivity contribution in [2.45, 2.75) is 23.6 Å². The zero-order valence-electron chi connectivity index (χ0n) is 12.8. The van der Waals surface area contributed by atoms with Crippen LogP contribution in [0.4, 0.5) is 0 Å². The van der Waals surface area contributed by atoms with Gasteiger partial charge >= 0.3 is 5.97 Å². The summed E-state index contributed by atoms with van der Waals surface area (Å²) < 4.78 is 11.4. The van der Waals surface area contributed by atoms with Crippen LogP contribution in [0.15, 0.2) is 56.7 Å². The fourth-order valence-corrected chi connectivity index (χ4v) is 3.14. The van der Waals surface area contributed by atoms with Crippen LogP contribution in [0.2, 0.25) is 0 Å². The van der Waals surface area contributed by atoms with E-state index in [0.717, 1.165) is 20.0 Å². The van der Waals surface area contributed by atoms with E-state index < -0.39 is 0 Å². The minimum Gasteiger partial charge on any atom is -0.481 e. The summed E-state index contributed by atoms with van der Waals surface area (Å²) in [5, 5.41) is 0. The minimum atomic E-state index is -0.333. The van der Waals surface area contributed by atoms with Crippen LogP contribution in [0.25, 0.3) is 0 Å². The lowest BCUT2D eigenvalue weighted by Crippen LogP contribution is -2.01. The average Bonchev–Trinajstić information content (AvgIpc) is 2.51. The van der Waals surface area contributed by atoms with E-state index in [0.29, 0.717) is 12.4 Å². The summed E-state index contributed by atoms with van der Waals surface area (Å²) in [6.45, 7) is 3.56. The lowest BCUT2D eigenvalue weighted by molar-refractivity contribution is -0.131. The number of hydrogen-bond acceptors (Lipinski definition) is 4. The van der Waals surface area contributed by atoms with E-state index in [-0.39, 0.29) is 5.97 Å². The summed E-state index contributed by atoms with van der Waals surface area (Å²) in [6, 6.07) is 13.3. The molecule has 0 amide bonds. The maximum atomic E-state index is 11.0. The molecular weight excluding hydrogens is 376 g/mol. The largest absolute Gasteiger partial charge is 0.481 e. The van der Waals surface area contributed by atoms with Crippen molar-refractivity contribution >= 4 is 33.7 Å². The van der Waals surface area contributed by atoms with Crippen LogP contribution >= 0.6 is 27.7 Å². The molecule has 5 heteroatoms. The maximum Gasteiger partial charge on any atom is 0.308 e. The molecular formula is C18H15BrO3S. The molecule has 0 heterocycles. The first kappa shape index (κ1) is 17.5. The maximum absolute atomic E-state index is 11.0. The molecule has 0 aliphatic rings. The predicted molar refractivity (Wildman–Crippen MR) is 95.0 cm³/mol. The van der Waals surface area contributed by atoms with E-state index in [9.17, 15) is 4.79 Å². The standard InChI is InChI=1S/C18H15BrO3S/c1-3-4-11-21-14-5-8-16(9-6-14)23-18-10-7-15(12-17(18)19)22-13(2)20/h5-10,12H,11H2,1-2H3. The number of hydrogen-bond donors (Lipinski definition) is 0. The van der Waals surface area contributed by atoms with Gasteiger partial charge in [0.15, 0.2) is 0 Å². The molecule has 0 saturated heterocycles. The molecule has 0 aromatic heterocycles. The van der Waals surface area contributed by atoms with Gasteiger partial charge in [-0.3, -0.25) is 4.79 Å². The van der Waals surface area contributed by atoms with Crippen molar-refractivity contribution < 1.29 is 14.3 Å². The second-order valence-corrected chi connectivity index (χ2v) is 6.44. The highest BCUT2D eigenvalue weighted by molar-refractivity contribution is 9.10. The van der Waals surface area contributed by atoms with Gasteiger partial charge in [-0.15, -0.1) is 5.92 Å². The fourth-order valence-electron chi connectivity index (χ4n) is 1.72. The summed E-state index contributed by atoms with van der Waals surface area (Å²) in [4.78, 5) is 13.1. The van der Waals surface area contributed by atoms with Gasteiger partial charge in [0.25, 0.3) is 0 Å². The zero-order valence-corrected chi connectivity index (χ0v) is 15.2. The Kier molecular flexibility index (Phi) is 6.57. The third-order valence-electron chi connectivity index (χ3n) is 2.70. The molecule has 0 bridgehead atoms. The second kappa shape index (κ2) is 8.66. The Bertz CT molecular complexity index is 745. The van der Waals surface area contributed by atoms with Crippen LogP contribution in [-0.4, -0.2) is 12.6 Å². The van der Waals surface area contributed by atoms with Crippen LogP contribution in [0.3, 0.4) is 0 Å². The van der Waals surface area contributed by atoms with Gasteiger partial charge in [0.1, 0.15) is 18.1 Å². The molecule has 3 nitrogen and oxygen atoms in total. The normalized spacial score (nSPS) is 9.70. The third kappa shape index (κ3) is 5.66. The predicted octanol–water partition coefficient (Wildman–Crippen LogP) is 4.93. The number of halogens is 1. The molecule has 0 spiro atoms. The SMILES string of the molecule is CC#CCOc1ccc(Sc2ccc(OC(C)=O)cc2Br)cc1. The van der Waals surface area contributed by atoms with E-state index in [1.54, 1.807) is 30.8 Å². The van der Waals surface area contributed by atoms with Crippen LogP contribution < -0.4 is 9.47 Å². The molecule has 0 saturated carbocycles. The van der Waals surface area contributed by atoms with E-state index >= 15 is 0 Å². The molecule has 2 aromatic carbocycles. The van der Waals surface area contributed by atoms with Crippen molar-refractivity contribution in [3.05, 3.63) is 46.9 Å². The van der Waals surface area contributed by atoms with Crippen molar-refractivity contribution in [3.63, 3.8) is 0 Å². The van der Waals surface area contributed by atoms with Gasteiger partial charge in [0, 0.05) is 21.2 Å². The third-order valence-corrected chi connectivity index (χ3v) is 4.71. The highest BCUT2D eigenvalue weighted by atomic mass is 79.9. The van der Waals surface area contributed by atoms with E-state index in [1.165, 1.54) is 6.92 Å². The van der Waals surface area contributed by atoms with Gasteiger partial charge in [0.05, 0.1) is 0 Å². The highest BCUT2D eigenvalue weighted by Crippen LogP contribution is 2.36. The highest BCUT2D eigenvalue weighted by Gasteiger charge is 2.06. The molecule has 0 atom stereocenters.